The molecule has 0 spiro atoms. The molecule has 0 aliphatic rings. The molecule has 3 nitrogen and oxygen atoms in total. The summed E-state index contributed by atoms with van der Waals surface area (Å²) in [4.78, 5) is 0. The van der Waals surface area contributed by atoms with Gasteiger partial charge in [-0.1, -0.05) is 12.1 Å². The van der Waals surface area contributed by atoms with Gasteiger partial charge in [0.1, 0.15) is 11.3 Å². The van der Waals surface area contributed by atoms with Gasteiger partial charge in [0, 0.05) is 13.0 Å². The van der Waals surface area contributed by atoms with Crippen LogP contribution in [0.25, 0.3) is 11.0 Å². The highest BCUT2D eigenvalue weighted by Gasteiger charge is 2.11. The lowest BCUT2D eigenvalue weighted by Crippen LogP contribution is -2.09. The maximum Gasteiger partial charge on any atom is 0.165 e. The summed E-state index contributed by atoms with van der Waals surface area (Å²) >= 11 is 0. The largest absolute Gasteiger partial charge is 0.504 e. The molecule has 1 heterocycles. The van der Waals surface area contributed by atoms with Crippen LogP contribution in [0.5, 0.6) is 5.75 Å². The molecule has 0 radical (unpaired) electrons. The highest BCUT2D eigenvalue weighted by molar-refractivity contribution is 5.84. The Kier molecular flexibility index (Phi) is 2.41. The summed E-state index contributed by atoms with van der Waals surface area (Å²) in [6, 6.07) is 7.50. The summed E-state index contributed by atoms with van der Waals surface area (Å²) < 4.78 is 5.51. The Morgan fingerprint density at radius 3 is 2.86 bits per heavy atom. The molecule has 3 heteroatoms. The van der Waals surface area contributed by atoms with Crippen molar-refractivity contribution in [2.24, 2.45) is 0 Å². The Bertz CT molecular complexity index is 434. The molecule has 0 aliphatic heterocycles. The second kappa shape index (κ2) is 3.72. The van der Waals surface area contributed by atoms with Crippen LogP contribution in [0.1, 0.15) is 5.76 Å². The van der Waals surface area contributed by atoms with Gasteiger partial charge in [0.25, 0.3) is 0 Å². The van der Waals surface area contributed by atoms with Gasteiger partial charge >= 0.3 is 0 Å². The van der Waals surface area contributed by atoms with E-state index in [9.17, 15) is 5.11 Å². The third-order valence-electron chi connectivity index (χ3n) is 2.24. The highest BCUT2D eigenvalue weighted by atomic mass is 16.4. The number of nitrogens with one attached hydrogen (secondary N) is 1. The van der Waals surface area contributed by atoms with Crippen LogP contribution >= 0.6 is 0 Å². The molecule has 0 saturated heterocycles. The molecule has 14 heavy (non-hydrogen) atoms. The average Bonchev–Trinajstić information content (AvgIpc) is 2.54. The summed E-state index contributed by atoms with van der Waals surface area (Å²) in [5, 5.41) is 13.6. The molecular weight excluding hydrogens is 178 g/mol. The van der Waals surface area contributed by atoms with Crippen molar-refractivity contribution >= 4 is 11.0 Å². The minimum absolute atomic E-state index is 0.274. The van der Waals surface area contributed by atoms with E-state index in [0.717, 1.165) is 17.5 Å². The van der Waals surface area contributed by atoms with Crippen LogP contribution in [0.4, 0.5) is 0 Å². The summed E-state index contributed by atoms with van der Waals surface area (Å²) in [7, 11) is 1.87. The lowest BCUT2D eigenvalue weighted by atomic mass is 10.2. The quantitative estimate of drug-likeness (QED) is 0.778. The van der Waals surface area contributed by atoms with Gasteiger partial charge in [-0.2, -0.15) is 0 Å². The zero-order valence-corrected chi connectivity index (χ0v) is 8.08. The second-order valence-corrected chi connectivity index (χ2v) is 3.22. The van der Waals surface area contributed by atoms with Gasteiger partial charge in [0.2, 0.25) is 0 Å². The molecule has 0 unspecified atom stereocenters. The summed E-state index contributed by atoms with van der Waals surface area (Å²) in [6.07, 6.45) is 0.705. The van der Waals surface area contributed by atoms with Crippen molar-refractivity contribution in [3.05, 3.63) is 30.0 Å². The molecule has 1 aromatic carbocycles. The van der Waals surface area contributed by atoms with E-state index in [0.29, 0.717) is 12.2 Å². The van der Waals surface area contributed by atoms with Crippen molar-refractivity contribution in [1.29, 1.82) is 0 Å². The molecule has 0 aliphatic carbocycles. The Morgan fingerprint density at radius 1 is 1.36 bits per heavy atom. The zero-order chi connectivity index (χ0) is 9.97. The summed E-state index contributed by atoms with van der Waals surface area (Å²) in [5.74, 6) is 0.927. The smallest absolute Gasteiger partial charge is 0.165 e. The van der Waals surface area contributed by atoms with Gasteiger partial charge in [0.05, 0.1) is 5.39 Å². The minimum atomic E-state index is 0.274. The Labute approximate surface area is 82.3 Å². The van der Waals surface area contributed by atoms with Crippen LogP contribution in [-0.2, 0) is 6.42 Å². The molecule has 2 rings (SSSR count). The van der Waals surface area contributed by atoms with Crippen LogP contribution in [0.3, 0.4) is 0 Å². The number of likely N-dealkylation sites (N-methyl/N-ethyl adjacent to an activating group) is 1. The lowest BCUT2D eigenvalue weighted by Gasteiger charge is -1.95. The van der Waals surface area contributed by atoms with Crippen LogP contribution in [0.2, 0.25) is 0 Å². The molecule has 2 aromatic rings. The van der Waals surface area contributed by atoms with Crippen molar-refractivity contribution in [2.45, 2.75) is 6.42 Å². The normalized spacial score (nSPS) is 10.9. The molecule has 0 fully saturated rings. The van der Waals surface area contributed by atoms with Crippen molar-refractivity contribution in [2.75, 3.05) is 13.6 Å². The maximum atomic E-state index is 9.79. The van der Waals surface area contributed by atoms with Gasteiger partial charge in [-0.05, 0) is 19.2 Å². The van der Waals surface area contributed by atoms with Gasteiger partial charge in [-0.15, -0.1) is 0 Å². The Hall–Kier alpha value is -1.48. The summed E-state index contributed by atoms with van der Waals surface area (Å²) in [5.41, 5.74) is 0.746. The SMILES string of the molecule is CNCCc1oc2ccccc2c1O. The monoisotopic (exact) mass is 191 g/mol. The third-order valence-corrected chi connectivity index (χ3v) is 2.24. The first-order valence-corrected chi connectivity index (χ1v) is 4.67. The van der Waals surface area contributed by atoms with Crippen LogP contribution in [0, 0.1) is 0 Å². The van der Waals surface area contributed by atoms with Crippen molar-refractivity contribution < 1.29 is 9.52 Å². The number of hydrogen-bond acceptors (Lipinski definition) is 3. The van der Waals surface area contributed by atoms with Gasteiger partial charge in [-0.25, -0.2) is 0 Å². The van der Waals surface area contributed by atoms with E-state index in [1.807, 2.05) is 31.3 Å². The summed E-state index contributed by atoms with van der Waals surface area (Å²) in [6.45, 7) is 0.799. The fourth-order valence-corrected chi connectivity index (χ4v) is 1.49. The lowest BCUT2D eigenvalue weighted by molar-refractivity contribution is 0.439. The van der Waals surface area contributed by atoms with E-state index in [1.54, 1.807) is 0 Å². The second-order valence-electron chi connectivity index (χ2n) is 3.22. The van der Waals surface area contributed by atoms with E-state index >= 15 is 0 Å². The number of fused-ring (bicyclic) bond motifs is 1. The number of benzene rings is 1. The average molecular weight is 191 g/mol. The van der Waals surface area contributed by atoms with Crippen molar-refractivity contribution in [3.8, 4) is 5.75 Å². The molecule has 0 bridgehead atoms. The molecule has 2 N–H and O–H groups in total. The predicted octanol–water partition coefficient (Wildman–Crippen LogP) is 1.90. The minimum Gasteiger partial charge on any atom is -0.504 e. The Morgan fingerprint density at radius 2 is 2.14 bits per heavy atom. The van der Waals surface area contributed by atoms with E-state index < -0.39 is 0 Å². The fourth-order valence-electron chi connectivity index (χ4n) is 1.49. The van der Waals surface area contributed by atoms with Crippen LogP contribution < -0.4 is 5.32 Å². The first kappa shape index (κ1) is 9.09. The highest BCUT2D eigenvalue weighted by Crippen LogP contribution is 2.31. The third kappa shape index (κ3) is 1.46. The van der Waals surface area contributed by atoms with Gasteiger partial charge in [0.15, 0.2) is 5.75 Å². The fraction of sp³-hybridized carbons (Fsp3) is 0.273. The molecular formula is C11H13NO2. The van der Waals surface area contributed by atoms with E-state index in [4.69, 9.17) is 4.42 Å². The van der Waals surface area contributed by atoms with Gasteiger partial charge in [-0.3, -0.25) is 0 Å². The van der Waals surface area contributed by atoms with Crippen LogP contribution in [-0.4, -0.2) is 18.7 Å². The number of hydrogen-bond donors (Lipinski definition) is 2. The van der Waals surface area contributed by atoms with E-state index in [1.165, 1.54) is 0 Å². The first-order valence-electron chi connectivity index (χ1n) is 4.67. The standard InChI is InChI=1S/C11H13NO2/c1-12-7-6-10-11(13)8-4-2-3-5-9(8)14-10/h2-5,12-13H,6-7H2,1H3. The number of aromatic hydroxyl groups is 1. The number of rotatable bonds is 3. The van der Waals surface area contributed by atoms with E-state index in [-0.39, 0.29) is 5.75 Å². The molecule has 0 amide bonds. The molecule has 74 valence electrons. The van der Waals surface area contributed by atoms with Crippen LogP contribution in [0.15, 0.2) is 28.7 Å². The maximum absolute atomic E-state index is 9.79. The van der Waals surface area contributed by atoms with E-state index in [2.05, 4.69) is 5.32 Å². The van der Waals surface area contributed by atoms with Crippen molar-refractivity contribution in [1.82, 2.24) is 5.32 Å². The molecule has 0 saturated carbocycles. The first-order chi connectivity index (χ1) is 6.83. The molecule has 1 aromatic heterocycles. The molecule has 0 atom stereocenters. The Balaban J connectivity index is 2.41. The topological polar surface area (TPSA) is 45.4 Å². The number of furan rings is 1. The zero-order valence-electron chi connectivity index (χ0n) is 8.08. The number of para-hydroxylation sites is 1. The predicted molar refractivity (Wildman–Crippen MR) is 55.5 cm³/mol. The van der Waals surface area contributed by atoms with Crippen molar-refractivity contribution in [3.63, 3.8) is 0 Å². The van der Waals surface area contributed by atoms with Gasteiger partial charge < -0.3 is 14.8 Å².